The molecule has 0 aliphatic carbocycles. The van der Waals surface area contributed by atoms with Gasteiger partial charge < -0.3 is 26.2 Å². The summed E-state index contributed by atoms with van der Waals surface area (Å²) in [4.78, 5) is 37.1. The van der Waals surface area contributed by atoms with E-state index in [1.165, 1.54) is 6.20 Å². The van der Waals surface area contributed by atoms with E-state index in [0.29, 0.717) is 6.54 Å². The summed E-state index contributed by atoms with van der Waals surface area (Å²) in [7, 11) is 3.79. The van der Waals surface area contributed by atoms with E-state index in [-0.39, 0.29) is 35.2 Å². The van der Waals surface area contributed by atoms with Crippen LogP contribution in [-0.4, -0.2) is 75.9 Å². The van der Waals surface area contributed by atoms with Crippen LogP contribution in [0.3, 0.4) is 0 Å². The third kappa shape index (κ3) is 6.37. The fraction of sp³-hybridized carbons (Fsp3) is 0.464. The zero-order chi connectivity index (χ0) is 29.0. The molecule has 40 heavy (non-hydrogen) atoms. The molecule has 12 heteroatoms. The molecule has 1 saturated heterocycles. The molecule has 11 nitrogen and oxygen atoms in total. The van der Waals surface area contributed by atoms with Gasteiger partial charge in [-0.1, -0.05) is 18.2 Å². The molecule has 2 aromatic heterocycles. The van der Waals surface area contributed by atoms with E-state index in [9.17, 15) is 9.59 Å². The number of halogens is 1. The number of nitrogens with zero attached hydrogens (tertiary/aromatic N) is 6. The van der Waals surface area contributed by atoms with Crippen LogP contribution < -0.4 is 20.9 Å². The van der Waals surface area contributed by atoms with Gasteiger partial charge in [0.15, 0.2) is 22.5 Å². The number of aryl methyl sites for hydroxylation is 2. The fourth-order valence-corrected chi connectivity index (χ4v) is 5.42. The predicted octanol–water partition coefficient (Wildman–Crippen LogP) is 2.04. The van der Waals surface area contributed by atoms with Crippen LogP contribution in [-0.2, 0) is 24.4 Å². The Kier molecular flexibility index (Phi) is 9.26. The molecule has 0 unspecified atom stereocenters. The first-order valence-electron chi connectivity index (χ1n) is 13.6. The number of anilines is 1. The second kappa shape index (κ2) is 12.6. The van der Waals surface area contributed by atoms with Crippen LogP contribution in [0.2, 0.25) is 5.15 Å². The number of likely N-dealkylation sites (tertiary alicyclic amines) is 1. The highest BCUT2D eigenvalue weighted by Crippen LogP contribution is 2.26. The highest BCUT2D eigenvalue weighted by Gasteiger charge is 2.27. The number of aromatic nitrogens is 4. The first-order chi connectivity index (χ1) is 19.1. The summed E-state index contributed by atoms with van der Waals surface area (Å²) >= 11 is 5.92. The van der Waals surface area contributed by atoms with Crippen molar-refractivity contribution in [2.75, 3.05) is 39.5 Å². The maximum atomic E-state index is 12.8. The SMILES string of the molecule is C=C(c1ccc2c(c1)n(CC)c(CNC(=O)c1nc(Cl)cnc1N)[n+]2CC)N1CCC(NC(=O)CN(C)C)CC1. The molecule has 1 aromatic carbocycles. The molecule has 0 bridgehead atoms. The summed E-state index contributed by atoms with van der Waals surface area (Å²) < 4.78 is 4.40. The van der Waals surface area contributed by atoms with Crippen molar-refractivity contribution in [3.8, 4) is 0 Å². The normalized spacial score (nSPS) is 14.1. The number of benzene rings is 1. The predicted molar refractivity (Wildman–Crippen MR) is 156 cm³/mol. The maximum Gasteiger partial charge on any atom is 0.277 e. The van der Waals surface area contributed by atoms with E-state index >= 15 is 0 Å². The Morgan fingerprint density at radius 3 is 2.62 bits per heavy atom. The van der Waals surface area contributed by atoms with Crippen molar-refractivity contribution in [1.82, 2.24) is 35.0 Å². The Balaban J connectivity index is 1.50. The van der Waals surface area contributed by atoms with Crippen molar-refractivity contribution >= 4 is 46.0 Å². The third-order valence-corrected chi connectivity index (χ3v) is 7.42. The number of imidazole rings is 1. The van der Waals surface area contributed by atoms with E-state index in [0.717, 1.165) is 67.1 Å². The number of nitrogen functional groups attached to an aromatic ring is 1. The van der Waals surface area contributed by atoms with E-state index < -0.39 is 5.91 Å². The molecule has 1 aliphatic rings. The lowest BCUT2D eigenvalue weighted by atomic mass is 10.0. The van der Waals surface area contributed by atoms with Crippen molar-refractivity contribution in [3.63, 3.8) is 0 Å². The summed E-state index contributed by atoms with van der Waals surface area (Å²) in [6.45, 7) is 12.4. The molecule has 4 rings (SSSR count). The van der Waals surface area contributed by atoms with Crippen LogP contribution in [0.5, 0.6) is 0 Å². The fourth-order valence-electron chi connectivity index (χ4n) is 5.29. The molecule has 214 valence electrons. The number of amides is 2. The van der Waals surface area contributed by atoms with Gasteiger partial charge in [-0.15, -0.1) is 0 Å². The van der Waals surface area contributed by atoms with Gasteiger partial charge in [0.05, 0.1) is 25.8 Å². The monoisotopic (exact) mass is 568 g/mol. The lowest BCUT2D eigenvalue weighted by molar-refractivity contribution is -0.676. The summed E-state index contributed by atoms with van der Waals surface area (Å²) in [6.07, 6.45) is 3.07. The van der Waals surface area contributed by atoms with E-state index in [4.69, 9.17) is 17.3 Å². The first-order valence-corrected chi connectivity index (χ1v) is 14.0. The minimum absolute atomic E-state index is 0.00864. The number of carbonyl (C=O) groups is 2. The van der Waals surface area contributed by atoms with Gasteiger partial charge in [0.25, 0.3) is 11.7 Å². The van der Waals surface area contributed by atoms with Gasteiger partial charge >= 0.3 is 0 Å². The van der Waals surface area contributed by atoms with Crippen molar-refractivity contribution in [3.05, 3.63) is 53.2 Å². The standard InChI is InChI=1S/C28H38ClN9O2/c1-6-37-21-9-8-19(18(3)36-12-10-20(11-13-36)33-24(39)17-35(4)5)14-22(21)38(7-2)25(37)16-32-28(40)26-27(30)31-15-23(29)34-26/h8-9,14-15,20H,3,6-7,10-13,16-17H2,1-2,4-5H3,(H3-,30,31,32,33,39,40)/p+1. The Bertz CT molecular complexity index is 1410. The van der Waals surface area contributed by atoms with Gasteiger partial charge in [-0.25, -0.2) is 19.1 Å². The molecule has 0 atom stereocenters. The zero-order valence-corrected chi connectivity index (χ0v) is 24.5. The minimum Gasteiger partial charge on any atom is -0.382 e. The number of hydrogen-bond acceptors (Lipinski definition) is 7. The van der Waals surface area contributed by atoms with E-state index in [1.807, 2.05) is 19.0 Å². The number of fused-ring (bicyclic) bond motifs is 1. The molecule has 1 aliphatic heterocycles. The Morgan fingerprint density at radius 2 is 1.98 bits per heavy atom. The van der Waals surface area contributed by atoms with Gasteiger partial charge in [0.2, 0.25) is 5.91 Å². The molecule has 0 radical (unpaired) electrons. The molecule has 4 N–H and O–H groups in total. The number of likely N-dealkylation sites (N-methyl/N-ethyl adjacent to an activating group) is 1. The number of piperidine rings is 1. The van der Waals surface area contributed by atoms with Crippen molar-refractivity contribution in [2.45, 2.75) is 52.4 Å². The van der Waals surface area contributed by atoms with Crippen molar-refractivity contribution in [2.24, 2.45) is 0 Å². The van der Waals surface area contributed by atoms with Crippen LogP contribution in [0.4, 0.5) is 5.82 Å². The first kappa shape index (κ1) is 29.3. The van der Waals surface area contributed by atoms with Crippen molar-refractivity contribution in [1.29, 1.82) is 0 Å². The lowest BCUT2D eigenvalue weighted by Crippen LogP contribution is -2.46. The van der Waals surface area contributed by atoms with Gasteiger partial charge in [-0.3, -0.25) is 9.59 Å². The van der Waals surface area contributed by atoms with Crippen LogP contribution in [0, 0.1) is 0 Å². The molecular formula is C28H39ClN9O2+. The smallest absolute Gasteiger partial charge is 0.277 e. The highest BCUT2D eigenvalue weighted by molar-refractivity contribution is 6.29. The Labute approximate surface area is 240 Å². The van der Waals surface area contributed by atoms with Gasteiger partial charge in [-0.05, 0) is 59.0 Å². The quantitative estimate of drug-likeness (QED) is 0.320. The van der Waals surface area contributed by atoms with Gasteiger partial charge in [0.1, 0.15) is 11.7 Å². The largest absolute Gasteiger partial charge is 0.382 e. The average molecular weight is 569 g/mol. The molecule has 3 heterocycles. The topological polar surface area (TPSA) is 125 Å². The van der Waals surface area contributed by atoms with E-state index in [1.54, 1.807) is 0 Å². The van der Waals surface area contributed by atoms with Crippen LogP contribution >= 0.6 is 11.6 Å². The Hall–Kier alpha value is -3.70. The molecular weight excluding hydrogens is 530 g/mol. The minimum atomic E-state index is -0.432. The molecule has 1 fully saturated rings. The average Bonchev–Trinajstić information content (AvgIpc) is 3.24. The molecule has 3 aromatic rings. The highest BCUT2D eigenvalue weighted by atomic mass is 35.5. The number of carbonyl (C=O) groups excluding carboxylic acids is 2. The molecule has 2 amide bonds. The summed E-state index contributed by atoms with van der Waals surface area (Å²) in [5, 5.41) is 6.18. The van der Waals surface area contributed by atoms with Crippen molar-refractivity contribution < 1.29 is 14.2 Å². The third-order valence-electron chi connectivity index (χ3n) is 7.24. The summed E-state index contributed by atoms with van der Waals surface area (Å²) in [5.74, 6) is 0.620. The maximum absolute atomic E-state index is 12.8. The number of hydrogen-bond donors (Lipinski definition) is 3. The summed E-state index contributed by atoms with van der Waals surface area (Å²) in [5.41, 5.74) is 10.0. The van der Waals surface area contributed by atoms with Gasteiger partial charge in [-0.2, -0.15) is 0 Å². The number of rotatable bonds is 10. The molecule has 0 spiro atoms. The van der Waals surface area contributed by atoms with E-state index in [2.05, 4.69) is 73.3 Å². The molecule has 0 saturated carbocycles. The van der Waals surface area contributed by atoms with Crippen LogP contribution in [0.15, 0.2) is 31.0 Å². The lowest BCUT2D eigenvalue weighted by Gasteiger charge is -2.35. The van der Waals surface area contributed by atoms with Crippen LogP contribution in [0.1, 0.15) is 48.6 Å². The number of nitrogens with two attached hydrogens (primary N) is 1. The number of nitrogens with one attached hydrogen (secondary N) is 2. The second-order valence-electron chi connectivity index (χ2n) is 10.2. The second-order valence-corrected chi connectivity index (χ2v) is 10.6. The van der Waals surface area contributed by atoms with Crippen LogP contribution in [0.25, 0.3) is 16.7 Å². The Morgan fingerprint density at radius 1 is 1.25 bits per heavy atom. The zero-order valence-electron chi connectivity index (χ0n) is 23.7. The van der Waals surface area contributed by atoms with Gasteiger partial charge in [0, 0.05) is 30.4 Å². The summed E-state index contributed by atoms with van der Waals surface area (Å²) in [6, 6.07) is 6.58.